The molecule has 1 aromatic rings. The highest BCUT2D eigenvalue weighted by atomic mass is 32.2. The van der Waals surface area contributed by atoms with Crippen molar-refractivity contribution >= 4 is 17.8 Å². The fourth-order valence-electron chi connectivity index (χ4n) is 2.15. The van der Waals surface area contributed by atoms with Crippen LogP contribution in [0.1, 0.15) is 5.56 Å². The van der Waals surface area contributed by atoms with Crippen molar-refractivity contribution in [2.24, 2.45) is 5.92 Å². The highest BCUT2D eigenvalue weighted by Gasteiger charge is 2.21. The molecule has 4 nitrogen and oxygen atoms in total. The van der Waals surface area contributed by atoms with E-state index in [2.05, 4.69) is 5.32 Å². The molecule has 1 aliphatic heterocycles. The first kappa shape index (κ1) is 17.1. The van der Waals surface area contributed by atoms with Gasteiger partial charge >= 0.3 is 6.03 Å². The Kier molecular flexibility index (Phi) is 6.51. The second-order valence-electron chi connectivity index (χ2n) is 5.91. The summed E-state index contributed by atoms with van der Waals surface area (Å²) in [4.78, 5) is 16.1. The van der Waals surface area contributed by atoms with Crippen LogP contribution in [0.25, 0.3) is 0 Å². The Morgan fingerprint density at radius 3 is 2.64 bits per heavy atom. The van der Waals surface area contributed by atoms with Gasteiger partial charge in [0.2, 0.25) is 0 Å². The number of likely N-dealkylation sites (N-methyl/N-ethyl adjacent to an activating group) is 1. The standard InChI is InChI=1S/C16H24FN3OS/c1-19(2)7-8-20(10-14-5-3-4-6-15(14)17)16(21)18-9-13-11-22-12-13/h3-6,13H,7-12H2,1-2H3,(H,18,21). The van der Waals surface area contributed by atoms with Gasteiger partial charge in [-0.25, -0.2) is 9.18 Å². The molecule has 0 radical (unpaired) electrons. The van der Waals surface area contributed by atoms with E-state index in [9.17, 15) is 9.18 Å². The van der Waals surface area contributed by atoms with Gasteiger partial charge < -0.3 is 15.1 Å². The molecule has 2 amide bonds. The fourth-order valence-corrected chi connectivity index (χ4v) is 2.96. The van der Waals surface area contributed by atoms with Gasteiger partial charge in [0.1, 0.15) is 5.82 Å². The van der Waals surface area contributed by atoms with Crippen molar-refractivity contribution in [1.82, 2.24) is 15.1 Å². The van der Waals surface area contributed by atoms with E-state index >= 15 is 0 Å². The number of halogens is 1. The lowest BCUT2D eigenvalue weighted by atomic mass is 10.2. The SMILES string of the molecule is CN(C)CCN(Cc1ccccc1F)C(=O)NCC1CSC1. The minimum Gasteiger partial charge on any atom is -0.338 e. The van der Waals surface area contributed by atoms with Crippen molar-refractivity contribution in [3.8, 4) is 0 Å². The second-order valence-corrected chi connectivity index (χ2v) is 6.98. The number of nitrogens with one attached hydrogen (secondary N) is 1. The van der Waals surface area contributed by atoms with Crippen LogP contribution in [0.15, 0.2) is 24.3 Å². The Balaban J connectivity index is 1.94. The molecule has 122 valence electrons. The molecule has 22 heavy (non-hydrogen) atoms. The van der Waals surface area contributed by atoms with E-state index in [1.54, 1.807) is 23.1 Å². The molecule has 1 heterocycles. The number of hydrogen-bond donors (Lipinski definition) is 1. The first-order valence-electron chi connectivity index (χ1n) is 7.55. The van der Waals surface area contributed by atoms with Gasteiger partial charge in [-0.1, -0.05) is 18.2 Å². The first-order valence-corrected chi connectivity index (χ1v) is 8.70. The molecular weight excluding hydrogens is 301 g/mol. The highest BCUT2D eigenvalue weighted by Crippen LogP contribution is 2.23. The molecule has 6 heteroatoms. The van der Waals surface area contributed by atoms with Gasteiger partial charge in [0, 0.05) is 25.2 Å². The number of urea groups is 1. The van der Waals surface area contributed by atoms with Crippen molar-refractivity contribution in [2.45, 2.75) is 6.54 Å². The van der Waals surface area contributed by atoms with Gasteiger partial charge in [0.25, 0.3) is 0 Å². The van der Waals surface area contributed by atoms with Crippen LogP contribution in [-0.2, 0) is 6.54 Å². The number of rotatable bonds is 7. The number of nitrogens with zero attached hydrogens (tertiary/aromatic N) is 2. The van der Waals surface area contributed by atoms with E-state index in [0.717, 1.165) is 18.1 Å². The van der Waals surface area contributed by atoms with Crippen LogP contribution in [0.3, 0.4) is 0 Å². The monoisotopic (exact) mass is 325 g/mol. The summed E-state index contributed by atoms with van der Waals surface area (Å²) >= 11 is 1.90. The zero-order valence-electron chi connectivity index (χ0n) is 13.2. The smallest absolute Gasteiger partial charge is 0.317 e. The highest BCUT2D eigenvalue weighted by molar-refractivity contribution is 8.00. The van der Waals surface area contributed by atoms with Gasteiger partial charge in [-0.05, 0) is 37.6 Å². The molecule has 2 rings (SSSR count). The molecule has 0 spiro atoms. The summed E-state index contributed by atoms with van der Waals surface area (Å²) in [5.74, 6) is 2.55. The van der Waals surface area contributed by atoms with E-state index in [4.69, 9.17) is 0 Å². The zero-order chi connectivity index (χ0) is 15.9. The van der Waals surface area contributed by atoms with Crippen LogP contribution in [0.5, 0.6) is 0 Å². The molecule has 0 unspecified atom stereocenters. The maximum Gasteiger partial charge on any atom is 0.317 e. The van der Waals surface area contributed by atoms with Crippen molar-refractivity contribution in [2.75, 3.05) is 45.2 Å². The van der Waals surface area contributed by atoms with Crippen molar-refractivity contribution < 1.29 is 9.18 Å². The lowest BCUT2D eigenvalue weighted by Crippen LogP contribution is -2.45. The number of carbonyl (C=O) groups is 1. The molecule has 0 saturated carbocycles. The predicted octanol–water partition coefficient (Wildman–Crippen LogP) is 2.26. The largest absolute Gasteiger partial charge is 0.338 e. The third-order valence-corrected chi connectivity index (χ3v) is 5.09. The van der Waals surface area contributed by atoms with Crippen LogP contribution in [0.4, 0.5) is 9.18 Å². The maximum atomic E-state index is 13.8. The van der Waals surface area contributed by atoms with Crippen LogP contribution < -0.4 is 5.32 Å². The molecule has 1 aliphatic rings. The Morgan fingerprint density at radius 2 is 2.05 bits per heavy atom. The molecular formula is C16H24FN3OS. The minimum atomic E-state index is -0.263. The van der Waals surface area contributed by atoms with Crippen LogP contribution in [-0.4, -0.2) is 61.1 Å². The molecule has 1 saturated heterocycles. The van der Waals surface area contributed by atoms with Crippen molar-refractivity contribution in [3.05, 3.63) is 35.6 Å². The minimum absolute atomic E-state index is 0.109. The van der Waals surface area contributed by atoms with Gasteiger partial charge in [0.05, 0.1) is 6.54 Å². The average Bonchev–Trinajstić information content (AvgIpc) is 2.43. The zero-order valence-corrected chi connectivity index (χ0v) is 14.0. The number of thioether (sulfide) groups is 1. The first-order chi connectivity index (χ1) is 10.6. The van der Waals surface area contributed by atoms with Crippen molar-refractivity contribution in [1.29, 1.82) is 0 Å². The molecule has 0 atom stereocenters. The lowest BCUT2D eigenvalue weighted by molar-refractivity contribution is 0.187. The number of benzene rings is 1. The molecule has 0 aromatic heterocycles. The predicted molar refractivity (Wildman–Crippen MR) is 89.6 cm³/mol. The van der Waals surface area contributed by atoms with Crippen LogP contribution in [0, 0.1) is 11.7 Å². The molecule has 1 fully saturated rings. The van der Waals surface area contributed by atoms with Gasteiger partial charge in [-0.2, -0.15) is 11.8 Å². The van der Waals surface area contributed by atoms with Gasteiger partial charge in [-0.3, -0.25) is 0 Å². The fraction of sp³-hybridized carbons (Fsp3) is 0.562. The summed E-state index contributed by atoms with van der Waals surface area (Å²) in [5.41, 5.74) is 0.551. The van der Waals surface area contributed by atoms with Gasteiger partial charge in [-0.15, -0.1) is 0 Å². The third kappa shape index (κ3) is 5.18. The average molecular weight is 325 g/mol. The normalized spacial score (nSPS) is 14.7. The van der Waals surface area contributed by atoms with E-state index in [0.29, 0.717) is 31.1 Å². The Labute approximate surface area is 136 Å². The quantitative estimate of drug-likeness (QED) is 0.835. The molecule has 1 N–H and O–H groups in total. The summed E-state index contributed by atoms with van der Waals surface area (Å²) in [6.07, 6.45) is 0. The van der Waals surface area contributed by atoms with Crippen molar-refractivity contribution in [3.63, 3.8) is 0 Å². The van der Waals surface area contributed by atoms with E-state index in [1.165, 1.54) is 6.07 Å². The summed E-state index contributed by atoms with van der Waals surface area (Å²) in [5, 5.41) is 2.98. The van der Waals surface area contributed by atoms with E-state index in [-0.39, 0.29) is 11.8 Å². The summed E-state index contributed by atoms with van der Waals surface area (Å²) in [6, 6.07) is 6.52. The van der Waals surface area contributed by atoms with E-state index < -0.39 is 0 Å². The Bertz CT molecular complexity index is 494. The molecule has 1 aromatic carbocycles. The van der Waals surface area contributed by atoms with Crippen LogP contribution in [0.2, 0.25) is 0 Å². The van der Waals surface area contributed by atoms with Gasteiger partial charge in [0.15, 0.2) is 0 Å². The van der Waals surface area contributed by atoms with Crippen LogP contribution >= 0.6 is 11.8 Å². The number of amides is 2. The maximum absolute atomic E-state index is 13.8. The topological polar surface area (TPSA) is 35.6 Å². The Hall–Kier alpha value is -1.27. The van der Waals surface area contributed by atoms with E-state index in [1.807, 2.05) is 30.8 Å². The third-order valence-electron chi connectivity index (χ3n) is 3.67. The molecule has 0 aliphatic carbocycles. The summed E-state index contributed by atoms with van der Waals surface area (Å²) in [7, 11) is 3.93. The summed E-state index contributed by atoms with van der Waals surface area (Å²) < 4.78 is 13.8. The number of carbonyl (C=O) groups excluding carboxylic acids is 1. The Morgan fingerprint density at radius 1 is 1.32 bits per heavy atom. The second kappa shape index (κ2) is 8.39. The number of hydrogen-bond acceptors (Lipinski definition) is 3. The lowest BCUT2D eigenvalue weighted by Gasteiger charge is -2.28. The molecule has 0 bridgehead atoms. The summed E-state index contributed by atoms with van der Waals surface area (Å²) in [6.45, 7) is 2.33.